The summed E-state index contributed by atoms with van der Waals surface area (Å²) in [5.74, 6) is 0.924. The third kappa shape index (κ3) is 2.60. The first-order chi connectivity index (χ1) is 6.52. The first-order valence-corrected chi connectivity index (χ1v) is 5.46. The van der Waals surface area contributed by atoms with Gasteiger partial charge in [-0.15, -0.1) is 0 Å². The summed E-state index contributed by atoms with van der Waals surface area (Å²) in [7, 11) is 0. The van der Waals surface area contributed by atoms with Crippen LogP contribution >= 0.6 is 0 Å². The first-order valence-electron chi connectivity index (χ1n) is 5.46. The molecule has 0 radical (unpaired) electrons. The molecule has 1 aliphatic heterocycles. The van der Waals surface area contributed by atoms with Gasteiger partial charge in [0.1, 0.15) is 5.78 Å². The van der Waals surface area contributed by atoms with Crippen molar-refractivity contribution in [1.29, 1.82) is 0 Å². The van der Waals surface area contributed by atoms with E-state index >= 15 is 0 Å². The van der Waals surface area contributed by atoms with Gasteiger partial charge >= 0.3 is 0 Å². The number of Topliss-reactive ketones (excluding diaryl/α,β-unsaturated/α-hetero) is 1. The van der Waals surface area contributed by atoms with Crippen LogP contribution in [0.25, 0.3) is 0 Å². The van der Waals surface area contributed by atoms with Gasteiger partial charge in [-0.05, 0) is 19.8 Å². The minimum absolute atomic E-state index is 0.191. The fraction of sp³-hybridized carbons (Fsp3) is 0.750. The standard InChI is InChI=1S/C12H21NO/c1-9(2)12(14)11-5-7-13(8-6-11)10(3)4/h9,11H,3,5-8H2,1-2,4H3. The maximum absolute atomic E-state index is 11.7. The number of likely N-dealkylation sites (tertiary alicyclic amines) is 1. The van der Waals surface area contributed by atoms with Crippen LogP contribution in [0.1, 0.15) is 33.6 Å². The van der Waals surface area contributed by atoms with Crippen molar-refractivity contribution in [3.63, 3.8) is 0 Å². The summed E-state index contributed by atoms with van der Waals surface area (Å²) in [6.07, 6.45) is 2.01. The fourth-order valence-electron chi connectivity index (χ4n) is 2.02. The van der Waals surface area contributed by atoms with E-state index in [1.54, 1.807) is 0 Å². The van der Waals surface area contributed by atoms with Crippen molar-refractivity contribution >= 4 is 5.78 Å². The van der Waals surface area contributed by atoms with Crippen LogP contribution in [0.4, 0.5) is 0 Å². The summed E-state index contributed by atoms with van der Waals surface area (Å²) >= 11 is 0. The molecule has 0 saturated carbocycles. The van der Waals surface area contributed by atoms with E-state index < -0.39 is 0 Å². The predicted octanol–water partition coefficient (Wildman–Crippen LogP) is 2.46. The number of ketones is 1. The van der Waals surface area contributed by atoms with Crippen molar-refractivity contribution in [2.24, 2.45) is 11.8 Å². The molecular formula is C12H21NO. The summed E-state index contributed by atoms with van der Waals surface area (Å²) < 4.78 is 0. The van der Waals surface area contributed by atoms with Gasteiger partial charge in [-0.1, -0.05) is 20.4 Å². The molecule has 2 heteroatoms. The molecule has 1 heterocycles. The molecule has 1 rings (SSSR count). The third-order valence-corrected chi connectivity index (χ3v) is 3.01. The van der Waals surface area contributed by atoms with Gasteiger partial charge in [-0.2, -0.15) is 0 Å². The number of allylic oxidation sites excluding steroid dienone is 1. The molecule has 0 spiro atoms. The highest BCUT2D eigenvalue weighted by Gasteiger charge is 2.25. The van der Waals surface area contributed by atoms with Gasteiger partial charge in [0.15, 0.2) is 0 Å². The average molecular weight is 195 g/mol. The molecule has 80 valence electrons. The Morgan fingerprint density at radius 1 is 1.36 bits per heavy atom. The second-order valence-corrected chi connectivity index (χ2v) is 4.55. The number of carbonyl (C=O) groups is 1. The largest absolute Gasteiger partial charge is 0.375 e. The SMILES string of the molecule is C=C(C)N1CCC(C(=O)C(C)C)CC1. The van der Waals surface area contributed by atoms with Gasteiger partial charge in [-0.3, -0.25) is 4.79 Å². The maximum Gasteiger partial charge on any atom is 0.138 e. The van der Waals surface area contributed by atoms with Gasteiger partial charge in [0.05, 0.1) is 0 Å². The number of hydrogen-bond donors (Lipinski definition) is 0. The lowest BCUT2D eigenvalue weighted by atomic mass is 9.87. The maximum atomic E-state index is 11.7. The van der Waals surface area contributed by atoms with Gasteiger partial charge in [-0.25, -0.2) is 0 Å². The van der Waals surface area contributed by atoms with Crippen LogP contribution in [0.2, 0.25) is 0 Å². The third-order valence-electron chi connectivity index (χ3n) is 3.01. The number of carbonyl (C=O) groups excluding carboxylic acids is 1. The highest BCUT2D eigenvalue weighted by atomic mass is 16.1. The van der Waals surface area contributed by atoms with Gasteiger partial charge < -0.3 is 4.90 Å². The zero-order chi connectivity index (χ0) is 10.7. The van der Waals surface area contributed by atoms with Crippen molar-refractivity contribution in [1.82, 2.24) is 4.90 Å². The molecule has 0 amide bonds. The minimum Gasteiger partial charge on any atom is -0.375 e. The van der Waals surface area contributed by atoms with E-state index in [0.29, 0.717) is 11.7 Å². The molecule has 0 aromatic rings. The Kier molecular flexibility index (Phi) is 3.73. The molecule has 0 unspecified atom stereocenters. The zero-order valence-corrected chi connectivity index (χ0v) is 9.55. The quantitative estimate of drug-likeness (QED) is 0.689. The summed E-state index contributed by atoms with van der Waals surface area (Å²) in [6.45, 7) is 11.9. The molecule has 0 aliphatic carbocycles. The van der Waals surface area contributed by atoms with Crippen molar-refractivity contribution in [2.45, 2.75) is 33.6 Å². The van der Waals surface area contributed by atoms with E-state index in [2.05, 4.69) is 11.5 Å². The van der Waals surface area contributed by atoms with E-state index in [1.165, 1.54) is 0 Å². The molecule has 0 aromatic carbocycles. The van der Waals surface area contributed by atoms with Gasteiger partial charge in [0, 0.05) is 30.6 Å². The Morgan fingerprint density at radius 3 is 2.21 bits per heavy atom. The second-order valence-electron chi connectivity index (χ2n) is 4.55. The van der Waals surface area contributed by atoms with E-state index in [4.69, 9.17) is 0 Å². The Balaban J connectivity index is 2.43. The number of rotatable bonds is 3. The summed E-state index contributed by atoms with van der Waals surface area (Å²) in [4.78, 5) is 14.0. The van der Waals surface area contributed by atoms with Crippen LogP contribution in [0.3, 0.4) is 0 Å². The lowest BCUT2D eigenvalue weighted by molar-refractivity contribution is -0.127. The molecule has 1 saturated heterocycles. The monoisotopic (exact) mass is 195 g/mol. The van der Waals surface area contributed by atoms with E-state index in [1.807, 2.05) is 20.8 Å². The number of piperidine rings is 1. The Bertz CT molecular complexity index is 224. The number of hydrogen-bond acceptors (Lipinski definition) is 2. The predicted molar refractivity (Wildman–Crippen MR) is 59.0 cm³/mol. The highest BCUT2D eigenvalue weighted by molar-refractivity contribution is 5.82. The molecule has 2 nitrogen and oxygen atoms in total. The number of nitrogens with zero attached hydrogens (tertiary/aromatic N) is 1. The van der Waals surface area contributed by atoms with Crippen LogP contribution in [0.5, 0.6) is 0 Å². The van der Waals surface area contributed by atoms with Gasteiger partial charge in [0.2, 0.25) is 0 Å². The summed E-state index contributed by atoms with van der Waals surface area (Å²) in [5, 5.41) is 0. The summed E-state index contributed by atoms with van der Waals surface area (Å²) in [5.41, 5.74) is 1.13. The van der Waals surface area contributed by atoms with Gasteiger partial charge in [0.25, 0.3) is 0 Å². The molecule has 0 bridgehead atoms. The molecule has 1 aliphatic rings. The normalized spacial score (nSPS) is 18.7. The minimum atomic E-state index is 0.191. The Labute approximate surface area is 87.0 Å². The Hall–Kier alpha value is -0.790. The van der Waals surface area contributed by atoms with Crippen LogP contribution in [-0.2, 0) is 4.79 Å². The van der Waals surface area contributed by atoms with E-state index in [0.717, 1.165) is 31.6 Å². The van der Waals surface area contributed by atoms with Crippen molar-refractivity contribution in [3.8, 4) is 0 Å². The lowest BCUT2D eigenvalue weighted by Crippen LogP contribution is -2.36. The molecule has 1 fully saturated rings. The second kappa shape index (κ2) is 4.63. The van der Waals surface area contributed by atoms with Crippen LogP contribution in [0.15, 0.2) is 12.3 Å². The van der Waals surface area contributed by atoms with Crippen LogP contribution < -0.4 is 0 Å². The molecule has 0 aromatic heterocycles. The first kappa shape index (κ1) is 11.3. The topological polar surface area (TPSA) is 20.3 Å². The Morgan fingerprint density at radius 2 is 1.86 bits per heavy atom. The van der Waals surface area contributed by atoms with Crippen molar-refractivity contribution < 1.29 is 4.79 Å². The van der Waals surface area contributed by atoms with E-state index in [9.17, 15) is 4.79 Å². The van der Waals surface area contributed by atoms with Crippen molar-refractivity contribution in [3.05, 3.63) is 12.3 Å². The average Bonchev–Trinajstić information content (AvgIpc) is 2.16. The summed E-state index contributed by atoms with van der Waals surface area (Å²) in [6, 6.07) is 0. The highest BCUT2D eigenvalue weighted by Crippen LogP contribution is 2.22. The molecular weight excluding hydrogens is 174 g/mol. The smallest absolute Gasteiger partial charge is 0.138 e. The molecule has 0 atom stereocenters. The fourth-order valence-corrected chi connectivity index (χ4v) is 2.02. The van der Waals surface area contributed by atoms with E-state index in [-0.39, 0.29) is 5.92 Å². The van der Waals surface area contributed by atoms with Crippen LogP contribution in [0, 0.1) is 11.8 Å². The zero-order valence-electron chi connectivity index (χ0n) is 9.55. The molecule has 14 heavy (non-hydrogen) atoms. The van der Waals surface area contributed by atoms with Crippen molar-refractivity contribution in [2.75, 3.05) is 13.1 Å². The lowest BCUT2D eigenvalue weighted by Gasteiger charge is -2.33. The van der Waals surface area contributed by atoms with Crippen LogP contribution in [-0.4, -0.2) is 23.8 Å². The molecule has 0 N–H and O–H groups in total.